The molecular formula is C38H48N4O6S. The summed E-state index contributed by atoms with van der Waals surface area (Å²) >= 11 is 1.91. The predicted molar refractivity (Wildman–Crippen MR) is 192 cm³/mol. The summed E-state index contributed by atoms with van der Waals surface area (Å²) in [5.41, 5.74) is 1.03. The van der Waals surface area contributed by atoms with Crippen molar-refractivity contribution in [1.29, 1.82) is 0 Å². The number of aliphatic hydroxyl groups is 1. The van der Waals surface area contributed by atoms with E-state index in [1.54, 1.807) is 38.5 Å². The van der Waals surface area contributed by atoms with Gasteiger partial charge in [0.25, 0.3) is 5.91 Å². The number of ether oxygens (including phenoxy) is 2. The highest BCUT2D eigenvalue weighted by Gasteiger charge is 2.42. The molecule has 3 aromatic rings. The Hall–Kier alpha value is -4.22. The largest absolute Gasteiger partial charge is 0.497 e. The zero-order valence-electron chi connectivity index (χ0n) is 28.3. The SMILES string of the molecule is COc1ccc(C(O)(c2ccc(OC)cc2)c2ccc(C(=O)NCCCCCCNC(=O)CCCC[C@@H]3SC[C@@H]4NC(=O)N[C@@H]43)cc2)cc1. The maximum absolute atomic E-state index is 12.9. The quantitative estimate of drug-likeness (QED) is 0.0711. The fourth-order valence-corrected chi connectivity index (χ4v) is 8.07. The molecule has 2 aliphatic rings. The van der Waals surface area contributed by atoms with Gasteiger partial charge in [-0.25, -0.2) is 4.79 Å². The van der Waals surface area contributed by atoms with Gasteiger partial charge in [-0.2, -0.15) is 11.8 Å². The van der Waals surface area contributed by atoms with Gasteiger partial charge in [-0.1, -0.05) is 55.7 Å². The molecule has 0 unspecified atom stereocenters. The van der Waals surface area contributed by atoms with Crippen LogP contribution in [0.5, 0.6) is 11.5 Å². The van der Waals surface area contributed by atoms with Gasteiger partial charge in [0.15, 0.2) is 0 Å². The molecule has 0 spiro atoms. The Morgan fingerprint density at radius 3 is 1.90 bits per heavy atom. The molecule has 0 aliphatic carbocycles. The normalized spacial score (nSPS) is 18.3. The van der Waals surface area contributed by atoms with E-state index in [2.05, 4.69) is 21.3 Å². The monoisotopic (exact) mass is 688 g/mol. The van der Waals surface area contributed by atoms with Crippen LogP contribution in [0.25, 0.3) is 0 Å². The number of nitrogens with one attached hydrogen (secondary N) is 4. The van der Waals surface area contributed by atoms with Gasteiger partial charge in [-0.3, -0.25) is 9.59 Å². The molecule has 0 radical (unpaired) electrons. The van der Waals surface area contributed by atoms with Crippen LogP contribution in [0.15, 0.2) is 72.8 Å². The molecule has 2 saturated heterocycles. The molecule has 0 saturated carbocycles. The fraction of sp³-hybridized carbons (Fsp3) is 0.447. The highest BCUT2D eigenvalue weighted by molar-refractivity contribution is 8.00. The van der Waals surface area contributed by atoms with E-state index in [-0.39, 0.29) is 29.9 Å². The molecule has 3 atom stereocenters. The standard InChI is InChI=1S/C38H48N4O6S/c1-47-30-19-15-28(16-20-30)38(46,29-17-21-31(48-2)22-18-29)27-13-11-26(12-14-27)36(44)40-24-8-4-3-7-23-39-34(43)10-6-5-9-33-35-32(25-49-33)41-37(45)42-35/h11-22,32-33,35,46H,3-10,23-25H2,1-2H3,(H,39,43)(H,40,44)(H2,41,42,45)/t32-,33-,35-/m0/s1. The van der Waals surface area contributed by atoms with E-state index in [0.717, 1.165) is 50.7 Å². The minimum Gasteiger partial charge on any atom is -0.497 e. The summed E-state index contributed by atoms with van der Waals surface area (Å²) in [4.78, 5) is 36.6. The number of methoxy groups -OCH3 is 2. The highest BCUT2D eigenvalue weighted by atomic mass is 32.2. The fourth-order valence-electron chi connectivity index (χ4n) is 6.53. The number of thioether (sulfide) groups is 1. The van der Waals surface area contributed by atoms with Gasteiger partial charge in [0.1, 0.15) is 17.1 Å². The van der Waals surface area contributed by atoms with Crippen LogP contribution in [0.4, 0.5) is 4.79 Å². The minimum atomic E-state index is -1.46. The lowest BCUT2D eigenvalue weighted by Crippen LogP contribution is -2.36. The van der Waals surface area contributed by atoms with Crippen LogP contribution in [-0.2, 0) is 10.4 Å². The smallest absolute Gasteiger partial charge is 0.315 e. The molecule has 2 fully saturated rings. The predicted octanol–water partition coefficient (Wildman–Crippen LogP) is 5.12. The molecule has 0 aromatic heterocycles. The van der Waals surface area contributed by atoms with E-state index >= 15 is 0 Å². The maximum Gasteiger partial charge on any atom is 0.315 e. The van der Waals surface area contributed by atoms with Crippen molar-refractivity contribution in [3.8, 4) is 11.5 Å². The van der Waals surface area contributed by atoms with Crippen LogP contribution in [0.2, 0.25) is 0 Å². The summed E-state index contributed by atoms with van der Waals surface area (Å²) < 4.78 is 10.6. The number of amides is 4. The van der Waals surface area contributed by atoms with Crippen LogP contribution >= 0.6 is 11.8 Å². The lowest BCUT2D eigenvalue weighted by Gasteiger charge is -2.30. The molecule has 2 heterocycles. The second kappa shape index (κ2) is 17.4. The molecule has 0 bridgehead atoms. The van der Waals surface area contributed by atoms with Crippen LogP contribution in [0.3, 0.4) is 0 Å². The van der Waals surface area contributed by atoms with Gasteiger partial charge in [0.05, 0.1) is 26.3 Å². The third-order valence-electron chi connectivity index (χ3n) is 9.37. The Bertz CT molecular complexity index is 1490. The van der Waals surface area contributed by atoms with E-state index in [9.17, 15) is 19.5 Å². The van der Waals surface area contributed by atoms with Crippen LogP contribution in [-0.4, -0.2) is 73.3 Å². The van der Waals surface area contributed by atoms with E-state index in [1.165, 1.54) is 0 Å². The van der Waals surface area contributed by atoms with Gasteiger partial charge in [0, 0.05) is 36.1 Å². The average molecular weight is 689 g/mol. The molecule has 11 heteroatoms. The number of hydrogen-bond acceptors (Lipinski definition) is 7. The van der Waals surface area contributed by atoms with Crippen LogP contribution < -0.4 is 30.7 Å². The number of benzene rings is 3. The molecule has 3 aromatic carbocycles. The van der Waals surface area contributed by atoms with Gasteiger partial charge < -0.3 is 35.8 Å². The van der Waals surface area contributed by atoms with E-state index < -0.39 is 5.60 Å². The van der Waals surface area contributed by atoms with Crippen molar-refractivity contribution in [1.82, 2.24) is 21.3 Å². The van der Waals surface area contributed by atoms with Gasteiger partial charge in [0.2, 0.25) is 5.91 Å². The van der Waals surface area contributed by atoms with Crippen molar-refractivity contribution in [3.63, 3.8) is 0 Å². The zero-order chi connectivity index (χ0) is 34.6. The first-order chi connectivity index (χ1) is 23.8. The average Bonchev–Trinajstić information content (AvgIpc) is 3.69. The first-order valence-corrected chi connectivity index (χ1v) is 18.2. The van der Waals surface area contributed by atoms with Crippen LogP contribution in [0, 0.1) is 0 Å². The number of unbranched alkanes of at least 4 members (excludes halogenated alkanes) is 4. The summed E-state index contributed by atoms with van der Waals surface area (Å²) in [6.07, 6.45) is 7.07. The second-order valence-electron chi connectivity index (χ2n) is 12.6. The Balaban J connectivity index is 0.989. The number of carbonyl (C=O) groups is 3. The van der Waals surface area contributed by atoms with Crippen molar-refractivity contribution >= 4 is 29.6 Å². The molecular weight excluding hydrogens is 641 g/mol. The molecule has 262 valence electrons. The number of fused-ring (bicyclic) bond motifs is 1. The Labute approximate surface area is 293 Å². The Kier molecular flexibility index (Phi) is 12.8. The Morgan fingerprint density at radius 2 is 1.33 bits per heavy atom. The van der Waals surface area contributed by atoms with Crippen molar-refractivity contribution < 1.29 is 29.0 Å². The number of hydrogen-bond donors (Lipinski definition) is 5. The Morgan fingerprint density at radius 1 is 0.776 bits per heavy atom. The lowest BCUT2D eigenvalue weighted by atomic mass is 9.80. The van der Waals surface area contributed by atoms with E-state index in [1.807, 2.05) is 60.3 Å². The molecule has 4 amide bonds. The molecule has 5 rings (SSSR count). The van der Waals surface area contributed by atoms with Gasteiger partial charge >= 0.3 is 6.03 Å². The number of urea groups is 1. The minimum absolute atomic E-state index is 0.0604. The summed E-state index contributed by atoms with van der Waals surface area (Å²) in [6, 6.07) is 22.0. The first kappa shape index (κ1) is 36.1. The molecule has 49 heavy (non-hydrogen) atoms. The zero-order valence-corrected chi connectivity index (χ0v) is 29.2. The van der Waals surface area contributed by atoms with E-state index in [4.69, 9.17) is 9.47 Å². The molecule has 10 nitrogen and oxygen atoms in total. The third-order valence-corrected chi connectivity index (χ3v) is 10.9. The van der Waals surface area contributed by atoms with Crippen molar-refractivity contribution in [3.05, 3.63) is 95.1 Å². The summed E-state index contributed by atoms with van der Waals surface area (Å²) in [6.45, 7) is 1.23. The second-order valence-corrected chi connectivity index (χ2v) is 13.9. The van der Waals surface area contributed by atoms with Crippen molar-refractivity contribution in [2.45, 2.75) is 74.3 Å². The molecule has 5 N–H and O–H groups in total. The van der Waals surface area contributed by atoms with Gasteiger partial charge in [-0.15, -0.1) is 0 Å². The third kappa shape index (κ3) is 9.27. The van der Waals surface area contributed by atoms with Gasteiger partial charge in [-0.05, 0) is 78.8 Å². The summed E-state index contributed by atoms with van der Waals surface area (Å²) in [5, 5.41) is 24.6. The number of rotatable bonds is 18. The lowest BCUT2D eigenvalue weighted by molar-refractivity contribution is -0.121. The first-order valence-electron chi connectivity index (χ1n) is 17.2. The summed E-state index contributed by atoms with van der Waals surface area (Å²) in [5.74, 6) is 2.27. The van der Waals surface area contributed by atoms with Crippen molar-refractivity contribution in [2.75, 3.05) is 33.1 Å². The number of carbonyl (C=O) groups excluding carboxylic acids is 3. The van der Waals surface area contributed by atoms with E-state index in [0.29, 0.717) is 58.5 Å². The van der Waals surface area contributed by atoms with Crippen molar-refractivity contribution in [2.24, 2.45) is 0 Å². The van der Waals surface area contributed by atoms with Crippen LogP contribution in [0.1, 0.15) is 78.4 Å². The molecule has 2 aliphatic heterocycles. The highest BCUT2D eigenvalue weighted by Crippen LogP contribution is 2.38. The maximum atomic E-state index is 12.9. The topological polar surface area (TPSA) is 138 Å². The summed E-state index contributed by atoms with van der Waals surface area (Å²) in [7, 11) is 3.20.